The van der Waals surface area contributed by atoms with Crippen LogP contribution in [0.2, 0.25) is 0 Å². The van der Waals surface area contributed by atoms with Crippen LogP contribution in [0.1, 0.15) is 394 Å². The number of ether oxygens (including phenoxy) is 4. The molecule has 0 aromatic rings. The first-order chi connectivity index (χ1) is 45.6. The van der Waals surface area contributed by atoms with Crippen LogP contribution in [-0.2, 0) is 65.4 Å². The summed E-state index contributed by atoms with van der Waals surface area (Å²) in [5.74, 6) is -1.27. The van der Waals surface area contributed by atoms with Crippen molar-refractivity contribution in [3.05, 3.63) is 0 Å². The molecule has 0 fully saturated rings. The van der Waals surface area contributed by atoms with Crippen LogP contribution >= 0.6 is 15.6 Å². The van der Waals surface area contributed by atoms with Crippen molar-refractivity contribution in [1.82, 2.24) is 0 Å². The van der Waals surface area contributed by atoms with Crippen molar-refractivity contribution >= 4 is 39.5 Å². The van der Waals surface area contributed by atoms with Gasteiger partial charge in [-0.25, -0.2) is 9.13 Å². The van der Waals surface area contributed by atoms with Gasteiger partial charge in [0.15, 0.2) is 12.2 Å². The van der Waals surface area contributed by atoms with Crippen molar-refractivity contribution in [3.63, 3.8) is 0 Å². The van der Waals surface area contributed by atoms with E-state index in [1.165, 1.54) is 218 Å². The van der Waals surface area contributed by atoms with Crippen molar-refractivity contribution in [2.75, 3.05) is 39.6 Å². The van der Waals surface area contributed by atoms with E-state index in [1.54, 1.807) is 0 Å². The SMILES string of the molecule is CCCCCCCCCCCCCCCC(=O)OC[C@H](COP(=O)(O)OC[C@@H](O)COP(=O)(O)OC[C@@H](COC(=O)CCCCCCCCCCCC)OC(=O)CCCCCCCCCCCCCCC)OC(=O)CCCCCCCCCCCCCCCCC(C)CC. The van der Waals surface area contributed by atoms with E-state index in [0.29, 0.717) is 25.7 Å². The predicted molar refractivity (Wildman–Crippen MR) is 382 cm³/mol. The van der Waals surface area contributed by atoms with E-state index in [9.17, 15) is 43.2 Å². The molecule has 6 atom stereocenters. The molecule has 0 amide bonds. The first-order valence-corrected chi connectivity index (χ1v) is 42.2. The zero-order chi connectivity index (χ0) is 69.1. The summed E-state index contributed by atoms with van der Waals surface area (Å²) in [4.78, 5) is 72.8. The third kappa shape index (κ3) is 67.3. The fourth-order valence-corrected chi connectivity index (χ4v) is 13.1. The monoisotopic (exact) mass is 1380 g/mol. The summed E-state index contributed by atoms with van der Waals surface area (Å²) in [6.45, 7) is 7.34. The van der Waals surface area contributed by atoms with Crippen LogP contribution in [0.15, 0.2) is 0 Å². The van der Waals surface area contributed by atoms with E-state index in [0.717, 1.165) is 95.8 Å². The Hall–Kier alpha value is -1.94. The Bertz CT molecular complexity index is 1810. The molecule has 19 heteroatoms. The first kappa shape index (κ1) is 92.1. The van der Waals surface area contributed by atoms with Crippen LogP contribution in [-0.4, -0.2) is 96.7 Å². The highest BCUT2D eigenvalue weighted by Crippen LogP contribution is 2.45. The van der Waals surface area contributed by atoms with Crippen LogP contribution in [0.25, 0.3) is 0 Å². The lowest BCUT2D eigenvalue weighted by Gasteiger charge is -2.21. The van der Waals surface area contributed by atoms with Gasteiger partial charge in [-0.1, -0.05) is 343 Å². The second kappa shape index (κ2) is 68.2. The van der Waals surface area contributed by atoms with Gasteiger partial charge in [0, 0.05) is 25.7 Å². The lowest BCUT2D eigenvalue weighted by molar-refractivity contribution is -0.161. The van der Waals surface area contributed by atoms with Crippen molar-refractivity contribution < 1.29 is 80.2 Å². The van der Waals surface area contributed by atoms with Gasteiger partial charge in [0.1, 0.15) is 19.3 Å². The summed E-state index contributed by atoms with van der Waals surface area (Å²) in [6, 6.07) is 0. The van der Waals surface area contributed by atoms with Crippen molar-refractivity contribution in [2.24, 2.45) is 5.92 Å². The van der Waals surface area contributed by atoms with Crippen molar-refractivity contribution in [1.29, 1.82) is 0 Å². The number of unbranched alkanes of at least 4 members (excludes halogenated alkanes) is 46. The molecular formula is C75H146O17P2. The Morgan fingerprint density at radius 3 is 0.755 bits per heavy atom. The molecule has 0 aliphatic carbocycles. The molecule has 558 valence electrons. The Labute approximate surface area is 575 Å². The number of hydrogen-bond acceptors (Lipinski definition) is 15. The molecule has 0 spiro atoms. The Balaban J connectivity index is 5.24. The van der Waals surface area contributed by atoms with E-state index in [1.807, 2.05) is 0 Å². The summed E-state index contributed by atoms with van der Waals surface area (Å²) in [5, 5.41) is 10.6. The van der Waals surface area contributed by atoms with Crippen LogP contribution in [0.4, 0.5) is 0 Å². The lowest BCUT2D eigenvalue weighted by Crippen LogP contribution is -2.30. The van der Waals surface area contributed by atoms with E-state index in [4.69, 9.17) is 37.0 Å². The van der Waals surface area contributed by atoms with Gasteiger partial charge in [0.05, 0.1) is 26.4 Å². The van der Waals surface area contributed by atoms with Crippen LogP contribution in [0, 0.1) is 5.92 Å². The number of phosphoric acid groups is 2. The topological polar surface area (TPSA) is 237 Å². The molecular weight excluding hydrogens is 1230 g/mol. The molecule has 0 aliphatic heterocycles. The standard InChI is InChI=1S/C75H146O17P2/c1-6-10-13-16-19-22-25-29-34-39-44-49-54-59-73(78)86-65-71(92-75(80)61-56-51-46-41-36-32-28-27-31-33-37-42-47-52-57-68(5)9-4)67-90-94(83,84)88-63-69(76)62-87-93(81,82)89-66-70(64-85-72(77)58-53-48-43-38-24-21-18-15-12-8-3)91-74(79)60-55-50-45-40-35-30-26-23-20-17-14-11-7-2/h68-71,76H,6-67H2,1-5H3,(H,81,82)(H,83,84)/t68?,69-,70+,71+/m0/s1. The van der Waals surface area contributed by atoms with E-state index < -0.39 is 97.5 Å². The average molecular weight is 1380 g/mol. The smallest absolute Gasteiger partial charge is 0.462 e. The molecule has 94 heavy (non-hydrogen) atoms. The minimum absolute atomic E-state index is 0.108. The molecule has 0 radical (unpaired) electrons. The Morgan fingerprint density at radius 2 is 0.511 bits per heavy atom. The van der Waals surface area contributed by atoms with Gasteiger partial charge < -0.3 is 33.8 Å². The second-order valence-electron chi connectivity index (χ2n) is 27.3. The predicted octanol–water partition coefficient (Wildman–Crippen LogP) is 22.1. The zero-order valence-corrected chi connectivity index (χ0v) is 62.9. The lowest BCUT2D eigenvalue weighted by atomic mass is 9.99. The zero-order valence-electron chi connectivity index (χ0n) is 61.1. The minimum atomic E-state index is -4.96. The fraction of sp³-hybridized carbons (Fsp3) is 0.947. The van der Waals surface area contributed by atoms with Gasteiger partial charge in [-0.05, 0) is 31.6 Å². The number of esters is 4. The fourth-order valence-electron chi connectivity index (χ4n) is 11.5. The summed E-state index contributed by atoms with van der Waals surface area (Å²) < 4.78 is 68.5. The largest absolute Gasteiger partial charge is 0.472 e. The molecule has 0 saturated carbocycles. The first-order valence-electron chi connectivity index (χ1n) is 39.2. The maximum atomic E-state index is 13.1. The van der Waals surface area contributed by atoms with Gasteiger partial charge in [-0.2, -0.15) is 0 Å². The van der Waals surface area contributed by atoms with Gasteiger partial charge >= 0.3 is 39.5 Å². The number of phosphoric ester groups is 2. The van der Waals surface area contributed by atoms with Gasteiger partial charge in [0.25, 0.3) is 0 Å². The highest BCUT2D eigenvalue weighted by molar-refractivity contribution is 7.47. The molecule has 0 saturated heterocycles. The van der Waals surface area contributed by atoms with Gasteiger partial charge in [-0.3, -0.25) is 37.3 Å². The highest BCUT2D eigenvalue weighted by atomic mass is 31.2. The molecule has 0 aromatic heterocycles. The summed E-state index contributed by atoms with van der Waals surface area (Å²) in [6.07, 6.45) is 56.6. The molecule has 3 unspecified atom stereocenters. The highest BCUT2D eigenvalue weighted by Gasteiger charge is 2.30. The third-order valence-electron chi connectivity index (χ3n) is 17.9. The summed E-state index contributed by atoms with van der Waals surface area (Å²) in [7, 11) is -9.91. The van der Waals surface area contributed by atoms with E-state index in [-0.39, 0.29) is 25.7 Å². The molecule has 0 aromatic carbocycles. The average Bonchev–Trinajstić information content (AvgIpc) is 1.40. The quantitative estimate of drug-likeness (QED) is 0.0222. The third-order valence-corrected chi connectivity index (χ3v) is 19.8. The van der Waals surface area contributed by atoms with Gasteiger partial charge in [-0.15, -0.1) is 0 Å². The number of carbonyl (C=O) groups excluding carboxylic acids is 4. The number of aliphatic hydroxyl groups excluding tert-OH is 1. The number of rotatable bonds is 75. The molecule has 17 nitrogen and oxygen atoms in total. The Kier molecular flexibility index (Phi) is 66.8. The molecule has 0 bridgehead atoms. The number of hydrogen-bond donors (Lipinski definition) is 3. The van der Waals surface area contributed by atoms with E-state index in [2.05, 4.69) is 34.6 Å². The number of carbonyl (C=O) groups is 4. The summed E-state index contributed by atoms with van der Waals surface area (Å²) >= 11 is 0. The van der Waals surface area contributed by atoms with Crippen molar-refractivity contribution in [2.45, 2.75) is 412 Å². The Morgan fingerprint density at radius 1 is 0.298 bits per heavy atom. The van der Waals surface area contributed by atoms with Crippen LogP contribution in [0.5, 0.6) is 0 Å². The van der Waals surface area contributed by atoms with Gasteiger partial charge in [0.2, 0.25) is 0 Å². The van der Waals surface area contributed by atoms with Crippen LogP contribution < -0.4 is 0 Å². The molecule has 0 rings (SSSR count). The molecule has 0 heterocycles. The maximum absolute atomic E-state index is 13.1. The molecule has 3 N–H and O–H groups in total. The van der Waals surface area contributed by atoms with Crippen molar-refractivity contribution in [3.8, 4) is 0 Å². The summed E-state index contributed by atoms with van der Waals surface area (Å²) in [5.41, 5.74) is 0. The maximum Gasteiger partial charge on any atom is 0.472 e. The van der Waals surface area contributed by atoms with Crippen LogP contribution in [0.3, 0.4) is 0 Å². The second-order valence-corrected chi connectivity index (χ2v) is 30.2. The normalized spacial score (nSPS) is 14.3. The minimum Gasteiger partial charge on any atom is -0.462 e. The van der Waals surface area contributed by atoms with E-state index >= 15 is 0 Å². The number of aliphatic hydroxyl groups is 1. The molecule has 0 aliphatic rings.